The molecular formula is C14H33AlO. The summed E-state index contributed by atoms with van der Waals surface area (Å²) in [5.41, 5.74) is -0.405. The van der Waals surface area contributed by atoms with E-state index in [-0.39, 0.29) is 17.4 Å². The summed E-state index contributed by atoms with van der Waals surface area (Å²) in [6, 6.07) is 0. The fourth-order valence-electron chi connectivity index (χ4n) is 2.51. The smallest absolute Gasteiger partial charge is 0.187 e. The Labute approximate surface area is 113 Å². The van der Waals surface area contributed by atoms with Crippen molar-refractivity contribution in [2.24, 2.45) is 11.8 Å². The van der Waals surface area contributed by atoms with Gasteiger partial charge >= 0.3 is 0 Å². The first-order chi connectivity index (χ1) is 6.89. The Balaban J connectivity index is 0. The van der Waals surface area contributed by atoms with Crippen LogP contribution >= 0.6 is 0 Å². The number of hydrogen-bond donors (Lipinski definition) is 1. The molecule has 0 saturated carbocycles. The zero-order chi connectivity index (χ0) is 11.9. The molecule has 16 heavy (non-hydrogen) atoms. The molecule has 98 valence electrons. The number of aliphatic hydroxyl groups is 1. The lowest BCUT2D eigenvalue weighted by molar-refractivity contribution is -0.00938. The summed E-state index contributed by atoms with van der Waals surface area (Å²) in [6.45, 7) is 11.0. The lowest BCUT2D eigenvalue weighted by Crippen LogP contribution is -2.32. The quantitative estimate of drug-likeness (QED) is 0.513. The van der Waals surface area contributed by atoms with E-state index in [2.05, 4.69) is 34.6 Å². The van der Waals surface area contributed by atoms with Crippen molar-refractivity contribution in [1.82, 2.24) is 0 Å². The third kappa shape index (κ3) is 9.70. The molecule has 0 aliphatic heterocycles. The molecule has 0 amide bonds. The van der Waals surface area contributed by atoms with Gasteiger partial charge in [0.05, 0.1) is 5.60 Å². The first-order valence-corrected chi connectivity index (χ1v) is 6.62. The largest absolute Gasteiger partial charge is 0.390 e. The molecule has 0 spiro atoms. The van der Waals surface area contributed by atoms with Gasteiger partial charge in [-0.2, -0.15) is 0 Å². The predicted octanol–water partition coefficient (Wildman–Crippen LogP) is 3.21. The summed E-state index contributed by atoms with van der Waals surface area (Å²) in [4.78, 5) is 0. The number of unbranched alkanes of at least 4 members (excludes halogenated alkanes) is 2. The van der Waals surface area contributed by atoms with Gasteiger partial charge in [0.1, 0.15) is 0 Å². The van der Waals surface area contributed by atoms with Crippen molar-refractivity contribution >= 4 is 17.4 Å². The van der Waals surface area contributed by atoms with Crippen LogP contribution in [0.25, 0.3) is 0 Å². The van der Waals surface area contributed by atoms with Crippen LogP contribution in [-0.2, 0) is 0 Å². The molecule has 2 heteroatoms. The Morgan fingerprint density at radius 2 is 1.38 bits per heavy atom. The van der Waals surface area contributed by atoms with E-state index in [1.165, 1.54) is 19.3 Å². The van der Waals surface area contributed by atoms with Gasteiger partial charge in [-0.1, -0.05) is 53.9 Å². The zero-order valence-electron chi connectivity index (χ0n) is 11.3. The molecule has 0 aromatic carbocycles. The molecular weight excluding hydrogens is 211 g/mol. The van der Waals surface area contributed by atoms with Crippen molar-refractivity contribution in [3.05, 3.63) is 0 Å². The molecule has 0 rings (SSSR count). The molecule has 0 radical (unpaired) electrons. The fourth-order valence-corrected chi connectivity index (χ4v) is 2.51. The normalized spacial score (nSPS) is 12.0. The van der Waals surface area contributed by atoms with E-state index in [1.54, 1.807) is 0 Å². The summed E-state index contributed by atoms with van der Waals surface area (Å²) in [7, 11) is 0. The monoisotopic (exact) mass is 244 g/mol. The van der Waals surface area contributed by atoms with Crippen LogP contribution in [0.15, 0.2) is 0 Å². The van der Waals surface area contributed by atoms with E-state index < -0.39 is 5.60 Å². The second-order valence-electron chi connectivity index (χ2n) is 5.88. The van der Waals surface area contributed by atoms with Crippen LogP contribution in [0, 0.1) is 11.8 Å². The lowest BCUT2D eigenvalue weighted by atomic mass is 9.81. The Bertz CT molecular complexity index is 145. The topological polar surface area (TPSA) is 20.2 Å². The average Bonchev–Trinajstić information content (AvgIpc) is 2.00. The summed E-state index contributed by atoms with van der Waals surface area (Å²) in [6.07, 6.45) is 6.55. The van der Waals surface area contributed by atoms with Gasteiger partial charge in [0.25, 0.3) is 0 Å². The van der Waals surface area contributed by atoms with Crippen LogP contribution in [0.2, 0.25) is 0 Å². The Morgan fingerprint density at radius 3 is 1.69 bits per heavy atom. The lowest BCUT2D eigenvalue weighted by Gasteiger charge is -2.31. The van der Waals surface area contributed by atoms with E-state index in [1.807, 2.05) is 0 Å². The van der Waals surface area contributed by atoms with E-state index >= 15 is 0 Å². The third-order valence-electron chi connectivity index (χ3n) is 2.82. The maximum atomic E-state index is 10.6. The summed E-state index contributed by atoms with van der Waals surface area (Å²) >= 11 is 0. The van der Waals surface area contributed by atoms with Gasteiger partial charge in [0, 0.05) is 0 Å². The van der Waals surface area contributed by atoms with E-state index in [4.69, 9.17) is 0 Å². The zero-order valence-corrected chi connectivity index (χ0v) is 11.3. The molecule has 0 aromatic rings. The van der Waals surface area contributed by atoms with Gasteiger partial charge in [-0.25, -0.2) is 0 Å². The molecule has 0 aromatic heterocycles. The summed E-state index contributed by atoms with van der Waals surface area (Å²) in [5, 5.41) is 10.6. The second-order valence-corrected chi connectivity index (χ2v) is 5.88. The molecule has 0 heterocycles. The van der Waals surface area contributed by atoms with E-state index in [0.717, 1.165) is 19.3 Å². The van der Waals surface area contributed by atoms with E-state index in [0.29, 0.717) is 11.8 Å². The first kappa shape index (κ1) is 18.8. The highest BCUT2D eigenvalue weighted by atomic mass is 27.0. The summed E-state index contributed by atoms with van der Waals surface area (Å²) < 4.78 is 0. The average molecular weight is 244 g/mol. The van der Waals surface area contributed by atoms with Crippen molar-refractivity contribution in [2.75, 3.05) is 0 Å². The number of hydrogen-bond acceptors (Lipinski definition) is 1. The van der Waals surface area contributed by atoms with Crippen LogP contribution in [0.1, 0.15) is 73.1 Å². The van der Waals surface area contributed by atoms with Crippen molar-refractivity contribution in [3.63, 3.8) is 0 Å². The Morgan fingerprint density at radius 1 is 0.938 bits per heavy atom. The molecule has 0 aliphatic rings. The van der Waals surface area contributed by atoms with Crippen molar-refractivity contribution in [3.8, 4) is 0 Å². The Kier molecular flexibility index (Phi) is 11.2. The SMILES string of the molecule is CCCCCC(O)(CC(C)C)CC(C)C.[AlH3]. The predicted molar refractivity (Wildman–Crippen MR) is 77.9 cm³/mol. The molecule has 1 N–H and O–H groups in total. The van der Waals surface area contributed by atoms with Crippen molar-refractivity contribution in [1.29, 1.82) is 0 Å². The standard InChI is InChI=1S/C14H30O.Al.3H/c1-6-7-8-9-14(15,10-12(2)3)11-13(4)5;;;;/h12-13,15H,6-11H2,1-5H3;;;;. The highest BCUT2D eigenvalue weighted by Crippen LogP contribution is 2.29. The minimum absolute atomic E-state index is 0. The third-order valence-corrected chi connectivity index (χ3v) is 2.82. The van der Waals surface area contributed by atoms with E-state index in [9.17, 15) is 5.11 Å². The van der Waals surface area contributed by atoms with Gasteiger partial charge < -0.3 is 5.11 Å². The fraction of sp³-hybridized carbons (Fsp3) is 1.00. The molecule has 0 unspecified atom stereocenters. The molecule has 0 bridgehead atoms. The minimum Gasteiger partial charge on any atom is -0.390 e. The highest BCUT2D eigenvalue weighted by Gasteiger charge is 2.28. The molecule has 0 aliphatic carbocycles. The molecule has 1 nitrogen and oxygen atoms in total. The number of rotatable bonds is 8. The van der Waals surface area contributed by atoms with Gasteiger partial charge in [-0.3, -0.25) is 0 Å². The highest BCUT2D eigenvalue weighted by molar-refractivity contribution is 5.75. The van der Waals surface area contributed by atoms with Gasteiger partial charge in [0.2, 0.25) is 0 Å². The van der Waals surface area contributed by atoms with Crippen LogP contribution < -0.4 is 0 Å². The van der Waals surface area contributed by atoms with Crippen molar-refractivity contribution < 1.29 is 5.11 Å². The van der Waals surface area contributed by atoms with Crippen LogP contribution in [0.4, 0.5) is 0 Å². The van der Waals surface area contributed by atoms with Crippen LogP contribution in [0.5, 0.6) is 0 Å². The van der Waals surface area contributed by atoms with Gasteiger partial charge in [-0.15, -0.1) is 0 Å². The maximum absolute atomic E-state index is 10.6. The Hall–Kier alpha value is 0.492. The molecule has 0 saturated heterocycles. The van der Waals surface area contributed by atoms with Crippen LogP contribution in [-0.4, -0.2) is 28.1 Å². The van der Waals surface area contributed by atoms with Crippen LogP contribution in [0.3, 0.4) is 0 Å². The molecule has 0 fully saturated rings. The maximum Gasteiger partial charge on any atom is 0.187 e. The summed E-state index contributed by atoms with van der Waals surface area (Å²) in [5.74, 6) is 1.19. The van der Waals surface area contributed by atoms with Gasteiger partial charge in [-0.05, 0) is 31.1 Å². The molecule has 0 atom stereocenters. The second kappa shape index (κ2) is 9.52. The van der Waals surface area contributed by atoms with Crippen molar-refractivity contribution in [2.45, 2.75) is 78.7 Å². The van der Waals surface area contributed by atoms with Gasteiger partial charge in [0.15, 0.2) is 17.4 Å². The first-order valence-electron chi connectivity index (χ1n) is 6.62. The minimum atomic E-state index is -0.405.